The molecule has 0 spiro atoms. The van der Waals surface area contributed by atoms with Gasteiger partial charge in [-0.15, -0.1) is 0 Å². The molecule has 0 aliphatic rings. The smallest absolute Gasteiger partial charge is 0.325 e. The molecule has 2 heterocycles. The molecule has 3 aromatic rings. The minimum atomic E-state index is -0.389. The molecular weight excluding hydrogens is 218 g/mol. The topological polar surface area (TPSA) is 84.7 Å². The van der Waals surface area contributed by atoms with Crippen LogP contribution in [0, 0.1) is 0 Å². The molecule has 0 aliphatic heterocycles. The number of benzene rings is 1. The highest BCUT2D eigenvalue weighted by molar-refractivity contribution is 5.80. The number of imidazole rings is 1. The summed E-state index contributed by atoms with van der Waals surface area (Å²) in [6.07, 6.45) is 2.37. The summed E-state index contributed by atoms with van der Waals surface area (Å²) in [6, 6.07) is 7.95. The van der Waals surface area contributed by atoms with E-state index in [1.807, 2.05) is 30.5 Å². The molecule has 0 saturated heterocycles. The van der Waals surface area contributed by atoms with Crippen LogP contribution in [0.15, 0.2) is 35.3 Å². The molecule has 0 radical (unpaired) electrons. The second kappa shape index (κ2) is 3.55. The van der Waals surface area contributed by atoms with Crippen LogP contribution >= 0.6 is 0 Å². The largest absolute Gasteiger partial charge is 0.493 e. The van der Waals surface area contributed by atoms with E-state index in [2.05, 4.69) is 15.0 Å². The molecule has 0 unspecified atom stereocenters. The zero-order valence-corrected chi connectivity index (χ0v) is 8.95. The van der Waals surface area contributed by atoms with Gasteiger partial charge in [-0.25, -0.2) is 4.79 Å². The van der Waals surface area contributed by atoms with Gasteiger partial charge in [-0.3, -0.25) is 4.98 Å². The fraction of sp³-hybridized carbons (Fsp3) is 0.0833. The van der Waals surface area contributed by atoms with Crippen LogP contribution in [0.25, 0.3) is 10.9 Å². The van der Waals surface area contributed by atoms with E-state index in [4.69, 9.17) is 0 Å². The molecule has 4 N–H and O–H groups in total. The van der Waals surface area contributed by atoms with Gasteiger partial charge in [0.25, 0.3) is 0 Å². The number of aromatic nitrogens is 3. The van der Waals surface area contributed by atoms with Crippen molar-refractivity contribution in [1.29, 1.82) is 0 Å². The Morgan fingerprint density at radius 2 is 2.06 bits per heavy atom. The van der Waals surface area contributed by atoms with Crippen molar-refractivity contribution in [3.63, 3.8) is 0 Å². The molecule has 5 nitrogen and oxygen atoms in total. The summed E-state index contributed by atoms with van der Waals surface area (Å²) in [5.41, 5.74) is 2.22. The molecule has 86 valence electrons. The van der Waals surface area contributed by atoms with E-state index in [-0.39, 0.29) is 11.6 Å². The van der Waals surface area contributed by atoms with Gasteiger partial charge in [0.2, 0.25) is 5.88 Å². The monoisotopic (exact) mass is 229 g/mol. The average molecular weight is 229 g/mol. The third-order valence-corrected chi connectivity index (χ3v) is 2.78. The quantitative estimate of drug-likeness (QED) is 0.536. The van der Waals surface area contributed by atoms with Crippen LogP contribution in [0.1, 0.15) is 11.3 Å². The summed E-state index contributed by atoms with van der Waals surface area (Å²) >= 11 is 0. The van der Waals surface area contributed by atoms with Crippen LogP contribution in [0.3, 0.4) is 0 Å². The molecule has 1 aromatic carbocycles. The first-order valence-electron chi connectivity index (χ1n) is 5.28. The Kier molecular flexibility index (Phi) is 2.04. The first-order chi connectivity index (χ1) is 8.22. The van der Waals surface area contributed by atoms with Crippen LogP contribution in [0.5, 0.6) is 5.88 Å². The summed E-state index contributed by atoms with van der Waals surface area (Å²) in [4.78, 5) is 19.0. The van der Waals surface area contributed by atoms with Gasteiger partial charge in [0.05, 0.1) is 5.69 Å². The van der Waals surface area contributed by atoms with E-state index < -0.39 is 0 Å². The maximum absolute atomic E-state index is 11.0. The van der Waals surface area contributed by atoms with E-state index in [1.54, 1.807) is 0 Å². The van der Waals surface area contributed by atoms with Crippen molar-refractivity contribution in [2.45, 2.75) is 6.42 Å². The molecule has 17 heavy (non-hydrogen) atoms. The van der Waals surface area contributed by atoms with Gasteiger partial charge in [-0.1, -0.05) is 6.07 Å². The lowest BCUT2D eigenvalue weighted by molar-refractivity contribution is 0.450. The average Bonchev–Trinajstić information content (AvgIpc) is 2.85. The Balaban J connectivity index is 1.99. The highest BCUT2D eigenvalue weighted by Gasteiger charge is 2.06. The highest BCUT2D eigenvalue weighted by Crippen LogP contribution is 2.18. The number of H-pyrrole nitrogens is 3. The van der Waals surface area contributed by atoms with Crippen molar-refractivity contribution in [3.8, 4) is 5.88 Å². The second-order valence-electron chi connectivity index (χ2n) is 3.98. The van der Waals surface area contributed by atoms with E-state index in [9.17, 15) is 9.90 Å². The molecule has 0 aliphatic carbocycles. The van der Waals surface area contributed by atoms with Gasteiger partial charge in [0.15, 0.2) is 0 Å². The summed E-state index contributed by atoms with van der Waals surface area (Å²) in [6.45, 7) is 0. The minimum Gasteiger partial charge on any atom is -0.493 e. The third kappa shape index (κ3) is 1.71. The van der Waals surface area contributed by atoms with Gasteiger partial charge in [0, 0.05) is 18.1 Å². The molecule has 0 amide bonds. The van der Waals surface area contributed by atoms with Crippen LogP contribution in [-0.2, 0) is 6.42 Å². The van der Waals surface area contributed by atoms with Crippen molar-refractivity contribution >= 4 is 10.9 Å². The first-order valence-corrected chi connectivity index (χ1v) is 5.28. The standard InChI is InChI=1S/C12H11N3O2/c16-11-10(14-12(17)15-11)6-7-1-2-9-8(5-7)3-4-13-9/h1-5,13,16H,6H2,(H2,14,15,17). The van der Waals surface area contributed by atoms with Gasteiger partial charge in [-0.05, 0) is 29.1 Å². The molecular formula is C12H11N3O2. The van der Waals surface area contributed by atoms with E-state index in [1.165, 1.54) is 0 Å². The number of aromatic amines is 3. The molecule has 2 aromatic heterocycles. The predicted octanol–water partition coefficient (Wildman–Crippen LogP) is 1.48. The van der Waals surface area contributed by atoms with Crippen LogP contribution in [-0.4, -0.2) is 20.1 Å². The predicted molar refractivity (Wildman–Crippen MR) is 64.2 cm³/mol. The highest BCUT2D eigenvalue weighted by atomic mass is 16.3. The van der Waals surface area contributed by atoms with Gasteiger partial charge in [0.1, 0.15) is 0 Å². The maximum atomic E-state index is 11.0. The Bertz CT molecular complexity index is 721. The second-order valence-corrected chi connectivity index (χ2v) is 3.98. The number of hydrogen-bond donors (Lipinski definition) is 4. The lowest BCUT2D eigenvalue weighted by Crippen LogP contribution is -2.01. The molecule has 0 saturated carbocycles. The van der Waals surface area contributed by atoms with E-state index in [0.29, 0.717) is 12.1 Å². The SMILES string of the molecule is O=c1[nH]c(O)c(Cc2ccc3[nH]ccc3c2)[nH]1. The zero-order chi connectivity index (χ0) is 11.8. The molecule has 0 atom stereocenters. The first kappa shape index (κ1) is 9.77. The fourth-order valence-electron chi connectivity index (χ4n) is 1.96. The van der Waals surface area contributed by atoms with E-state index >= 15 is 0 Å². The summed E-state index contributed by atoms with van der Waals surface area (Å²) < 4.78 is 0. The van der Waals surface area contributed by atoms with Crippen molar-refractivity contribution in [2.24, 2.45) is 0 Å². The van der Waals surface area contributed by atoms with Gasteiger partial charge in [-0.2, -0.15) is 0 Å². The zero-order valence-electron chi connectivity index (χ0n) is 8.95. The Morgan fingerprint density at radius 3 is 2.82 bits per heavy atom. The maximum Gasteiger partial charge on any atom is 0.325 e. The molecule has 3 rings (SSSR count). The summed E-state index contributed by atoms with van der Waals surface area (Å²) in [5, 5.41) is 10.6. The van der Waals surface area contributed by atoms with Crippen LogP contribution in [0.2, 0.25) is 0 Å². The van der Waals surface area contributed by atoms with Gasteiger partial charge >= 0.3 is 5.69 Å². The Morgan fingerprint density at radius 1 is 1.18 bits per heavy atom. The van der Waals surface area contributed by atoms with Gasteiger partial charge < -0.3 is 15.1 Å². The fourth-order valence-corrected chi connectivity index (χ4v) is 1.96. The van der Waals surface area contributed by atoms with Crippen LogP contribution in [0.4, 0.5) is 0 Å². The van der Waals surface area contributed by atoms with Crippen molar-refractivity contribution in [3.05, 3.63) is 52.2 Å². The molecule has 0 fully saturated rings. The number of hydrogen-bond acceptors (Lipinski definition) is 2. The lowest BCUT2D eigenvalue weighted by atomic mass is 10.1. The Labute approximate surface area is 96.1 Å². The third-order valence-electron chi connectivity index (χ3n) is 2.78. The summed E-state index contributed by atoms with van der Waals surface area (Å²) in [5.74, 6) is -0.0934. The number of fused-ring (bicyclic) bond motifs is 1. The minimum absolute atomic E-state index is 0.0934. The Hall–Kier alpha value is -2.43. The number of nitrogens with one attached hydrogen (secondary N) is 3. The normalized spacial score (nSPS) is 11.1. The van der Waals surface area contributed by atoms with Crippen LogP contribution < -0.4 is 5.69 Å². The van der Waals surface area contributed by atoms with E-state index in [0.717, 1.165) is 16.5 Å². The van der Waals surface area contributed by atoms with Crippen molar-refractivity contribution in [2.75, 3.05) is 0 Å². The molecule has 0 bridgehead atoms. The van der Waals surface area contributed by atoms with Crippen molar-refractivity contribution in [1.82, 2.24) is 15.0 Å². The lowest BCUT2D eigenvalue weighted by Gasteiger charge is -2.00. The molecule has 5 heteroatoms. The van der Waals surface area contributed by atoms with Crippen molar-refractivity contribution < 1.29 is 5.11 Å². The number of aromatic hydroxyl groups is 1. The number of rotatable bonds is 2. The summed E-state index contributed by atoms with van der Waals surface area (Å²) in [7, 11) is 0.